The first-order valence-electron chi connectivity index (χ1n) is 6.25. The normalized spacial score (nSPS) is 12.4. The minimum absolute atomic E-state index is 0.182. The summed E-state index contributed by atoms with van der Waals surface area (Å²) in [4.78, 5) is 0. The van der Waals surface area contributed by atoms with Crippen molar-refractivity contribution in [3.63, 3.8) is 0 Å². The van der Waals surface area contributed by atoms with Crippen LogP contribution in [0.25, 0.3) is 0 Å². The molecule has 4 nitrogen and oxygen atoms in total. The van der Waals surface area contributed by atoms with Gasteiger partial charge in [0.15, 0.2) is 0 Å². The Labute approximate surface area is 109 Å². The molecule has 0 bridgehead atoms. The molecule has 0 saturated heterocycles. The van der Waals surface area contributed by atoms with E-state index in [0.717, 1.165) is 12.3 Å². The van der Waals surface area contributed by atoms with Crippen molar-refractivity contribution in [1.82, 2.24) is 5.32 Å². The molecule has 0 saturated carbocycles. The topological polar surface area (TPSA) is 39.7 Å². The molecular formula is C14H23NO3. The highest BCUT2D eigenvalue weighted by atomic mass is 16.5. The zero-order valence-electron chi connectivity index (χ0n) is 11.4. The van der Waals surface area contributed by atoms with E-state index in [9.17, 15) is 0 Å². The molecule has 102 valence electrons. The average Bonchev–Trinajstić information content (AvgIpc) is 2.42. The molecular weight excluding hydrogens is 230 g/mol. The second kappa shape index (κ2) is 8.91. The summed E-state index contributed by atoms with van der Waals surface area (Å²) in [6.07, 6.45) is 0. The number of rotatable bonds is 9. The van der Waals surface area contributed by atoms with Crippen LogP contribution in [0.4, 0.5) is 0 Å². The van der Waals surface area contributed by atoms with Crippen LogP contribution < -0.4 is 10.1 Å². The number of likely N-dealkylation sites (N-methyl/N-ethyl adjacent to an activating group) is 1. The average molecular weight is 253 g/mol. The summed E-state index contributed by atoms with van der Waals surface area (Å²) in [5.41, 5.74) is 1.17. The van der Waals surface area contributed by atoms with E-state index >= 15 is 0 Å². The maximum absolute atomic E-state index is 5.59. The zero-order valence-corrected chi connectivity index (χ0v) is 11.4. The van der Waals surface area contributed by atoms with Gasteiger partial charge in [0.25, 0.3) is 0 Å². The molecule has 0 aliphatic rings. The van der Waals surface area contributed by atoms with E-state index in [1.165, 1.54) is 5.56 Å². The molecule has 0 fully saturated rings. The van der Waals surface area contributed by atoms with Crippen molar-refractivity contribution in [1.29, 1.82) is 0 Å². The quantitative estimate of drug-likeness (QED) is 0.683. The van der Waals surface area contributed by atoms with Crippen LogP contribution in [0.5, 0.6) is 5.75 Å². The first-order chi connectivity index (χ1) is 8.81. The van der Waals surface area contributed by atoms with Crippen LogP contribution in [0.2, 0.25) is 0 Å². The molecule has 0 aliphatic heterocycles. The van der Waals surface area contributed by atoms with Crippen molar-refractivity contribution < 1.29 is 14.2 Å². The van der Waals surface area contributed by atoms with Gasteiger partial charge in [0.1, 0.15) is 5.75 Å². The van der Waals surface area contributed by atoms with Crippen LogP contribution >= 0.6 is 0 Å². The highest BCUT2D eigenvalue weighted by Crippen LogP contribution is 2.19. The van der Waals surface area contributed by atoms with Gasteiger partial charge in [-0.1, -0.05) is 19.1 Å². The lowest BCUT2D eigenvalue weighted by Crippen LogP contribution is -2.26. The van der Waals surface area contributed by atoms with E-state index < -0.39 is 0 Å². The fourth-order valence-electron chi connectivity index (χ4n) is 1.72. The van der Waals surface area contributed by atoms with E-state index in [4.69, 9.17) is 14.2 Å². The monoisotopic (exact) mass is 253 g/mol. The Kier molecular flexibility index (Phi) is 7.41. The van der Waals surface area contributed by atoms with Crippen molar-refractivity contribution in [2.45, 2.75) is 13.0 Å². The van der Waals surface area contributed by atoms with Crippen molar-refractivity contribution in [2.24, 2.45) is 0 Å². The first-order valence-corrected chi connectivity index (χ1v) is 6.25. The summed E-state index contributed by atoms with van der Waals surface area (Å²) in [5.74, 6) is 0.868. The number of hydrogen-bond acceptors (Lipinski definition) is 4. The van der Waals surface area contributed by atoms with Gasteiger partial charge in [-0.15, -0.1) is 0 Å². The van der Waals surface area contributed by atoms with Gasteiger partial charge in [-0.25, -0.2) is 0 Å². The Balaban J connectivity index is 2.58. The summed E-state index contributed by atoms with van der Waals surface area (Å²) in [6.45, 7) is 4.85. The van der Waals surface area contributed by atoms with E-state index in [1.807, 2.05) is 18.2 Å². The van der Waals surface area contributed by atoms with Crippen LogP contribution in [0.3, 0.4) is 0 Å². The molecule has 1 unspecified atom stereocenters. The Morgan fingerprint density at radius 2 is 2.06 bits per heavy atom. The molecule has 18 heavy (non-hydrogen) atoms. The highest BCUT2D eigenvalue weighted by molar-refractivity contribution is 5.30. The molecule has 4 heteroatoms. The van der Waals surface area contributed by atoms with E-state index in [0.29, 0.717) is 19.8 Å². The lowest BCUT2D eigenvalue weighted by molar-refractivity contribution is 0.0588. The van der Waals surface area contributed by atoms with Crippen molar-refractivity contribution in [2.75, 3.05) is 40.6 Å². The minimum Gasteiger partial charge on any atom is -0.497 e. The number of nitrogens with one attached hydrogen (secondary N) is 1. The van der Waals surface area contributed by atoms with Crippen LogP contribution in [-0.4, -0.2) is 40.6 Å². The number of methoxy groups -OCH3 is 2. The maximum atomic E-state index is 5.59. The summed E-state index contributed by atoms with van der Waals surface area (Å²) in [5, 5.41) is 3.41. The van der Waals surface area contributed by atoms with E-state index in [1.54, 1.807) is 14.2 Å². The smallest absolute Gasteiger partial charge is 0.119 e. The third-order valence-electron chi connectivity index (χ3n) is 2.66. The third kappa shape index (κ3) is 5.04. The summed E-state index contributed by atoms with van der Waals surface area (Å²) < 4.78 is 15.8. The molecule has 1 N–H and O–H groups in total. The molecule has 1 aromatic rings. The molecule has 0 spiro atoms. The lowest BCUT2D eigenvalue weighted by Gasteiger charge is -2.19. The van der Waals surface area contributed by atoms with Crippen LogP contribution in [0.15, 0.2) is 24.3 Å². The third-order valence-corrected chi connectivity index (χ3v) is 2.66. The maximum Gasteiger partial charge on any atom is 0.119 e. The van der Waals surface area contributed by atoms with Crippen molar-refractivity contribution >= 4 is 0 Å². The van der Waals surface area contributed by atoms with Crippen LogP contribution in [0.1, 0.15) is 18.5 Å². The fraction of sp³-hybridized carbons (Fsp3) is 0.571. The van der Waals surface area contributed by atoms with Crippen molar-refractivity contribution in [3.05, 3.63) is 29.8 Å². The number of hydrogen-bond donors (Lipinski definition) is 1. The SMILES string of the molecule is CCNC(COCCOC)c1cccc(OC)c1. The minimum atomic E-state index is 0.182. The largest absolute Gasteiger partial charge is 0.497 e. The molecule has 0 aromatic heterocycles. The van der Waals surface area contributed by atoms with Gasteiger partial charge in [-0.05, 0) is 24.2 Å². The van der Waals surface area contributed by atoms with Gasteiger partial charge in [0.05, 0.1) is 33.0 Å². The summed E-state index contributed by atoms with van der Waals surface area (Å²) in [7, 11) is 3.35. The summed E-state index contributed by atoms with van der Waals surface area (Å²) >= 11 is 0. The standard InChI is InChI=1S/C14H23NO3/c1-4-15-14(11-18-9-8-16-2)12-6-5-7-13(10-12)17-3/h5-7,10,14-15H,4,8-9,11H2,1-3H3. The van der Waals surface area contributed by atoms with Crippen LogP contribution in [-0.2, 0) is 9.47 Å². The Morgan fingerprint density at radius 3 is 2.72 bits per heavy atom. The second-order valence-corrected chi connectivity index (χ2v) is 3.95. The van der Waals surface area contributed by atoms with Crippen molar-refractivity contribution in [3.8, 4) is 5.75 Å². The van der Waals surface area contributed by atoms with Gasteiger partial charge < -0.3 is 19.5 Å². The number of ether oxygens (including phenoxy) is 3. The predicted octanol–water partition coefficient (Wildman–Crippen LogP) is 2.01. The fourth-order valence-corrected chi connectivity index (χ4v) is 1.72. The van der Waals surface area contributed by atoms with Gasteiger partial charge in [-0.3, -0.25) is 0 Å². The lowest BCUT2D eigenvalue weighted by atomic mass is 10.1. The van der Waals surface area contributed by atoms with Gasteiger partial charge in [0.2, 0.25) is 0 Å². The summed E-state index contributed by atoms with van der Waals surface area (Å²) in [6, 6.07) is 8.23. The zero-order chi connectivity index (χ0) is 13.2. The molecule has 0 radical (unpaired) electrons. The number of benzene rings is 1. The first kappa shape index (κ1) is 15.0. The molecule has 0 amide bonds. The van der Waals surface area contributed by atoms with E-state index in [-0.39, 0.29) is 6.04 Å². The molecule has 0 aliphatic carbocycles. The van der Waals surface area contributed by atoms with Crippen LogP contribution in [0, 0.1) is 0 Å². The predicted molar refractivity (Wildman–Crippen MR) is 72.1 cm³/mol. The molecule has 1 atom stereocenters. The molecule has 0 heterocycles. The molecule has 1 aromatic carbocycles. The van der Waals surface area contributed by atoms with E-state index in [2.05, 4.69) is 18.3 Å². The van der Waals surface area contributed by atoms with Gasteiger partial charge in [0, 0.05) is 7.11 Å². The van der Waals surface area contributed by atoms with Gasteiger partial charge >= 0.3 is 0 Å². The molecule has 1 rings (SSSR count). The highest BCUT2D eigenvalue weighted by Gasteiger charge is 2.11. The Bertz CT molecular complexity index is 331. The second-order valence-electron chi connectivity index (χ2n) is 3.95. The Morgan fingerprint density at radius 1 is 1.22 bits per heavy atom. The van der Waals surface area contributed by atoms with Gasteiger partial charge in [-0.2, -0.15) is 0 Å². The Hall–Kier alpha value is -1.10.